The average molecular weight is 368 g/mol. The van der Waals surface area contributed by atoms with E-state index >= 15 is 0 Å². The van der Waals surface area contributed by atoms with Crippen molar-refractivity contribution in [2.45, 2.75) is 25.1 Å². The van der Waals surface area contributed by atoms with Gasteiger partial charge in [0.2, 0.25) is 0 Å². The Morgan fingerprint density at radius 1 is 1.19 bits per heavy atom. The number of rotatable bonds is 4. The lowest BCUT2D eigenvalue weighted by Crippen LogP contribution is -2.57. The largest absolute Gasteiger partial charge is 0.378 e. The molecule has 27 heavy (non-hydrogen) atoms. The Labute approximate surface area is 160 Å². The van der Waals surface area contributed by atoms with Crippen molar-refractivity contribution in [3.8, 4) is 0 Å². The predicted molar refractivity (Wildman–Crippen MR) is 108 cm³/mol. The van der Waals surface area contributed by atoms with Gasteiger partial charge < -0.3 is 25.1 Å². The number of anilines is 2. The molecule has 4 heterocycles. The number of carbonyl (C=O) groups is 1. The van der Waals surface area contributed by atoms with E-state index in [4.69, 9.17) is 0 Å². The third-order valence-corrected chi connectivity index (χ3v) is 5.91. The third kappa shape index (κ3) is 3.73. The molecule has 6 heteroatoms. The van der Waals surface area contributed by atoms with Gasteiger partial charge in [-0.2, -0.15) is 0 Å². The van der Waals surface area contributed by atoms with Gasteiger partial charge in [-0.3, -0.25) is 4.79 Å². The average Bonchev–Trinajstić information content (AvgIpc) is 2.69. The molecular formula is C21H28N4O2. The van der Waals surface area contributed by atoms with Crippen molar-refractivity contribution in [2.75, 3.05) is 43.5 Å². The minimum Gasteiger partial charge on any atom is -0.378 e. The molecule has 1 amide bonds. The van der Waals surface area contributed by atoms with Gasteiger partial charge in [-0.1, -0.05) is 0 Å². The maximum Gasteiger partial charge on any atom is 0.253 e. The number of carbonyl (C=O) groups excluding carboxylic acids is 1. The summed E-state index contributed by atoms with van der Waals surface area (Å²) in [5, 5.41) is 13.6. The number of fused-ring (bicyclic) bond motifs is 3. The van der Waals surface area contributed by atoms with Gasteiger partial charge in [0.25, 0.3) is 5.91 Å². The second-order valence-corrected chi connectivity index (χ2v) is 7.89. The van der Waals surface area contributed by atoms with Crippen molar-refractivity contribution in [3.05, 3.63) is 48.2 Å². The number of piperidine rings is 3. The van der Waals surface area contributed by atoms with Gasteiger partial charge in [0.15, 0.2) is 0 Å². The van der Waals surface area contributed by atoms with Crippen LogP contribution in [0.1, 0.15) is 12.8 Å². The fraction of sp³-hybridized carbons (Fsp3) is 0.476. The van der Waals surface area contributed by atoms with Crippen molar-refractivity contribution >= 4 is 17.3 Å². The standard InChI is InChI=1S/C21H28N4O2/c1-23(2)17-4-6-18(7-5-17)25-13-16(3-8-20(25)26)21(27)22-19-14-24-11-9-15(19)10-12-24/h3-8,13,15,19-20,26H,9-12,14H2,1-2H3,(H,22,27). The van der Waals surface area contributed by atoms with Crippen molar-refractivity contribution in [3.63, 3.8) is 0 Å². The molecule has 1 aromatic rings. The van der Waals surface area contributed by atoms with Crippen molar-refractivity contribution in [1.29, 1.82) is 0 Å². The second kappa shape index (κ2) is 7.37. The molecule has 2 unspecified atom stereocenters. The summed E-state index contributed by atoms with van der Waals surface area (Å²) in [4.78, 5) is 19.0. The lowest BCUT2D eigenvalue weighted by molar-refractivity contribution is -0.119. The molecule has 2 bridgehead atoms. The highest BCUT2D eigenvalue weighted by Crippen LogP contribution is 2.28. The molecule has 2 atom stereocenters. The van der Waals surface area contributed by atoms with Crippen LogP contribution in [0.5, 0.6) is 0 Å². The zero-order valence-corrected chi connectivity index (χ0v) is 16.0. The van der Waals surface area contributed by atoms with Gasteiger partial charge in [-0.15, -0.1) is 0 Å². The first-order valence-electron chi connectivity index (χ1n) is 9.68. The number of hydrogen-bond donors (Lipinski definition) is 2. The molecule has 0 spiro atoms. The van der Waals surface area contributed by atoms with Crippen LogP contribution >= 0.6 is 0 Å². The SMILES string of the molecule is CN(C)c1ccc(N2C=C(C(=O)NC3CN4CCC3CC4)C=CC2O)cc1. The minimum absolute atomic E-state index is 0.0631. The lowest BCUT2D eigenvalue weighted by Gasteiger charge is -2.45. The highest BCUT2D eigenvalue weighted by Gasteiger charge is 2.35. The smallest absolute Gasteiger partial charge is 0.253 e. The van der Waals surface area contributed by atoms with E-state index in [1.807, 2.05) is 43.3 Å². The summed E-state index contributed by atoms with van der Waals surface area (Å²) < 4.78 is 0. The fourth-order valence-electron chi connectivity index (χ4n) is 4.22. The van der Waals surface area contributed by atoms with Crippen LogP contribution in [-0.4, -0.2) is 61.9 Å². The first kappa shape index (κ1) is 18.1. The molecular weight excluding hydrogens is 340 g/mol. The van der Waals surface area contributed by atoms with Gasteiger partial charge in [-0.05, 0) is 68.3 Å². The maximum atomic E-state index is 12.8. The zero-order chi connectivity index (χ0) is 19.0. The second-order valence-electron chi connectivity index (χ2n) is 7.89. The molecule has 5 rings (SSSR count). The van der Waals surface area contributed by atoms with Crippen LogP contribution in [0.4, 0.5) is 11.4 Å². The Hall–Kier alpha value is -2.31. The van der Waals surface area contributed by atoms with E-state index in [1.165, 1.54) is 12.8 Å². The first-order chi connectivity index (χ1) is 13.0. The molecule has 0 saturated carbocycles. The van der Waals surface area contributed by atoms with Gasteiger partial charge >= 0.3 is 0 Å². The molecule has 3 fully saturated rings. The highest BCUT2D eigenvalue weighted by atomic mass is 16.3. The topological polar surface area (TPSA) is 59.0 Å². The zero-order valence-electron chi connectivity index (χ0n) is 16.0. The quantitative estimate of drug-likeness (QED) is 0.844. The van der Waals surface area contributed by atoms with E-state index in [0.717, 1.165) is 31.0 Å². The fourth-order valence-corrected chi connectivity index (χ4v) is 4.22. The number of nitrogens with zero attached hydrogens (tertiary/aromatic N) is 3. The highest BCUT2D eigenvalue weighted by molar-refractivity contribution is 5.97. The molecule has 3 saturated heterocycles. The Bertz CT molecular complexity index is 748. The van der Waals surface area contributed by atoms with Crippen molar-refractivity contribution < 1.29 is 9.90 Å². The molecule has 4 aliphatic rings. The van der Waals surface area contributed by atoms with Crippen LogP contribution in [-0.2, 0) is 4.79 Å². The number of benzene rings is 1. The summed E-state index contributed by atoms with van der Waals surface area (Å²) in [5.74, 6) is 0.527. The Morgan fingerprint density at radius 3 is 2.48 bits per heavy atom. The Balaban J connectivity index is 1.48. The molecule has 4 aliphatic heterocycles. The van der Waals surface area contributed by atoms with E-state index in [1.54, 1.807) is 23.3 Å². The molecule has 144 valence electrons. The summed E-state index contributed by atoms with van der Waals surface area (Å²) in [6.45, 7) is 3.26. The van der Waals surface area contributed by atoms with Crippen molar-refractivity contribution in [2.24, 2.45) is 5.92 Å². The molecule has 2 N–H and O–H groups in total. The van der Waals surface area contributed by atoms with Crippen LogP contribution in [0.25, 0.3) is 0 Å². The number of hydrogen-bond acceptors (Lipinski definition) is 5. The molecule has 0 aliphatic carbocycles. The van der Waals surface area contributed by atoms with Gasteiger partial charge in [0.05, 0.1) is 5.57 Å². The summed E-state index contributed by atoms with van der Waals surface area (Å²) in [7, 11) is 3.98. The third-order valence-electron chi connectivity index (χ3n) is 5.91. The summed E-state index contributed by atoms with van der Waals surface area (Å²) in [6.07, 6.45) is 6.68. The van der Waals surface area contributed by atoms with Crippen LogP contribution in [0, 0.1) is 5.92 Å². The van der Waals surface area contributed by atoms with E-state index in [-0.39, 0.29) is 11.9 Å². The lowest BCUT2D eigenvalue weighted by atomic mass is 9.84. The minimum atomic E-state index is -0.774. The van der Waals surface area contributed by atoms with Gasteiger partial charge in [0, 0.05) is 44.3 Å². The maximum absolute atomic E-state index is 12.8. The predicted octanol–water partition coefficient (Wildman–Crippen LogP) is 1.54. The molecule has 0 radical (unpaired) electrons. The number of aliphatic hydroxyl groups excluding tert-OH is 1. The van der Waals surface area contributed by atoms with E-state index in [0.29, 0.717) is 11.5 Å². The Kier molecular flexibility index (Phi) is 4.93. The normalized spacial score (nSPS) is 29.4. The monoisotopic (exact) mass is 368 g/mol. The van der Waals surface area contributed by atoms with Crippen molar-refractivity contribution in [1.82, 2.24) is 10.2 Å². The number of aliphatic hydroxyl groups is 1. The van der Waals surface area contributed by atoms with Crippen LogP contribution in [0.15, 0.2) is 48.2 Å². The van der Waals surface area contributed by atoms with Crippen LogP contribution in [0.2, 0.25) is 0 Å². The first-order valence-corrected chi connectivity index (χ1v) is 9.68. The number of amides is 1. The van der Waals surface area contributed by atoms with Gasteiger partial charge in [0.1, 0.15) is 6.23 Å². The van der Waals surface area contributed by atoms with Gasteiger partial charge in [-0.25, -0.2) is 0 Å². The van der Waals surface area contributed by atoms with E-state index < -0.39 is 6.23 Å². The Morgan fingerprint density at radius 2 is 1.89 bits per heavy atom. The van der Waals surface area contributed by atoms with E-state index in [2.05, 4.69) is 10.2 Å². The van der Waals surface area contributed by atoms with Crippen LogP contribution in [0.3, 0.4) is 0 Å². The number of nitrogens with one attached hydrogen (secondary N) is 1. The molecule has 0 aromatic heterocycles. The van der Waals surface area contributed by atoms with Crippen LogP contribution < -0.4 is 15.1 Å². The summed E-state index contributed by atoms with van der Waals surface area (Å²) in [5.41, 5.74) is 2.52. The van der Waals surface area contributed by atoms with E-state index in [9.17, 15) is 9.90 Å². The summed E-state index contributed by atoms with van der Waals surface area (Å²) in [6, 6.07) is 8.14. The molecule has 1 aromatic carbocycles. The molecule has 6 nitrogen and oxygen atoms in total. The summed E-state index contributed by atoms with van der Waals surface area (Å²) >= 11 is 0.